The van der Waals surface area contributed by atoms with Crippen molar-refractivity contribution in [3.05, 3.63) is 21.4 Å². The van der Waals surface area contributed by atoms with Crippen molar-refractivity contribution < 1.29 is 9.53 Å². The first-order chi connectivity index (χ1) is 7.24. The van der Waals surface area contributed by atoms with Crippen LogP contribution in [0.2, 0.25) is 0 Å². The van der Waals surface area contributed by atoms with Crippen molar-refractivity contribution >= 4 is 21.9 Å². The lowest BCUT2D eigenvalue weighted by atomic mass is 10.1. The van der Waals surface area contributed by atoms with Gasteiger partial charge in [-0.1, -0.05) is 6.42 Å². The van der Waals surface area contributed by atoms with Gasteiger partial charge in [-0.15, -0.1) is 0 Å². The molecule has 1 aromatic heterocycles. The number of ether oxygens (including phenoxy) is 1. The van der Waals surface area contributed by atoms with Gasteiger partial charge in [0.15, 0.2) is 0 Å². The van der Waals surface area contributed by atoms with Gasteiger partial charge in [0, 0.05) is 5.69 Å². The molecule has 0 spiro atoms. The lowest BCUT2D eigenvalue weighted by Gasteiger charge is -1.98. The maximum absolute atomic E-state index is 11.5. The third-order valence-corrected chi connectivity index (χ3v) is 3.74. The van der Waals surface area contributed by atoms with Crippen LogP contribution in [0.4, 0.5) is 0 Å². The minimum Gasteiger partial charge on any atom is -0.464 e. The third-order valence-electron chi connectivity index (χ3n) is 2.87. The highest BCUT2D eigenvalue weighted by atomic mass is 79.9. The van der Waals surface area contributed by atoms with Gasteiger partial charge < -0.3 is 9.72 Å². The maximum Gasteiger partial charge on any atom is 0.355 e. The van der Waals surface area contributed by atoms with Crippen LogP contribution in [-0.4, -0.2) is 18.1 Å². The molecule has 0 saturated heterocycles. The van der Waals surface area contributed by atoms with Gasteiger partial charge in [0.1, 0.15) is 5.69 Å². The van der Waals surface area contributed by atoms with E-state index >= 15 is 0 Å². The predicted octanol–water partition coefficient (Wildman–Crippen LogP) is 2.83. The first kappa shape index (κ1) is 10.7. The standard InChI is InChI=1S/C11H14BrNO2/c1-15-11(14)10-9(12)7-5-3-2-4-6-8(7)13-10/h13H,2-6H2,1H3. The normalized spacial score (nSPS) is 15.6. The average Bonchev–Trinajstić information content (AvgIpc) is 2.44. The second kappa shape index (κ2) is 4.39. The van der Waals surface area contributed by atoms with Crippen LogP contribution in [0.1, 0.15) is 41.0 Å². The van der Waals surface area contributed by atoms with Crippen molar-refractivity contribution in [2.45, 2.75) is 32.1 Å². The Balaban J connectivity index is 2.40. The minimum atomic E-state index is -0.296. The number of rotatable bonds is 1. The van der Waals surface area contributed by atoms with Crippen LogP contribution in [0.15, 0.2) is 4.47 Å². The molecule has 0 aliphatic heterocycles. The number of aromatic amines is 1. The van der Waals surface area contributed by atoms with E-state index in [2.05, 4.69) is 20.9 Å². The van der Waals surface area contributed by atoms with E-state index < -0.39 is 0 Å². The highest BCUT2D eigenvalue weighted by Crippen LogP contribution is 2.30. The van der Waals surface area contributed by atoms with Gasteiger partial charge in [-0.05, 0) is 47.2 Å². The SMILES string of the molecule is COC(=O)c1[nH]c2c(c1Br)CCCCC2. The smallest absolute Gasteiger partial charge is 0.355 e. The van der Waals surface area contributed by atoms with Gasteiger partial charge in [-0.3, -0.25) is 0 Å². The van der Waals surface area contributed by atoms with Crippen molar-refractivity contribution in [3.63, 3.8) is 0 Å². The van der Waals surface area contributed by atoms with E-state index in [0.717, 1.165) is 17.3 Å². The Morgan fingerprint density at radius 3 is 2.80 bits per heavy atom. The fourth-order valence-corrected chi connectivity index (χ4v) is 2.76. The number of halogens is 1. The van der Waals surface area contributed by atoms with Gasteiger partial charge in [0.05, 0.1) is 11.6 Å². The van der Waals surface area contributed by atoms with E-state index in [-0.39, 0.29) is 5.97 Å². The van der Waals surface area contributed by atoms with Crippen LogP contribution >= 0.6 is 15.9 Å². The largest absolute Gasteiger partial charge is 0.464 e. The quantitative estimate of drug-likeness (QED) is 0.631. The summed E-state index contributed by atoms with van der Waals surface area (Å²) in [5.41, 5.74) is 3.01. The predicted molar refractivity (Wildman–Crippen MR) is 61.1 cm³/mol. The number of aromatic nitrogens is 1. The molecule has 1 aromatic rings. The summed E-state index contributed by atoms with van der Waals surface area (Å²) < 4.78 is 5.62. The number of carbonyl (C=O) groups excluding carboxylic acids is 1. The third kappa shape index (κ3) is 1.95. The topological polar surface area (TPSA) is 42.1 Å². The summed E-state index contributed by atoms with van der Waals surface area (Å²) in [6, 6.07) is 0. The molecule has 15 heavy (non-hydrogen) atoms. The highest BCUT2D eigenvalue weighted by Gasteiger charge is 2.21. The molecule has 4 heteroatoms. The van der Waals surface area contributed by atoms with Gasteiger partial charge in [-0.2, -0.15) is 0 Å². The zero-order chi connectivity index (χ0) is 10.8. The average molecular weight is 272 g/mol. The van der Waals surface area contributed by atoms with Crippen LogP contribution in [0.5, 0.6) is 0 Å². The number of hydrogen-bond donors (Lipinski definition) is 1. The first-order valence-corrected chi connectivity index (χ1v) is 6.01. The molecular formula is C11H14BrNO2. The number of esters is 1. The molecule has 0 saturated carbocycles. The van der Waals surface area contributed by atoms with Crippen LogP contribution < -0.4 is 0 Å². The number of H-pyrrole nitrogens is 1. The molecule has 0 unspecified atom stereocenters. The summed E-state index contributed by atoms with van der Waals surface area (Å²) in [4.78, 5) is 14.6. The molecule has 0 bridgehead atoms. The summed E-state index contributed by atoms with van der Waals surface area (Å²) in [7, 11) is 1.40. The Labute approximate surface area is 97.3 Å². The number of aryl methyl sites for hydroxylation is 1. The fraction of sp³-hybridized carbons (Fsp3) is 0.545. The molecule has 2 rings (SSSR count). The summed E-state index contributed by atoms with van der Waals surface area (Å²) in [6.45, 7) is 0. The van der Waals surface area contributed by atoms with Crippen LogP contribution in [0, 0.1) is 0 Å². The lowest BCUT2D eigenvalue weighted by molar-refractivity contribution is 0.0593. The van der Waals surface area contributed by atoms with Crippen LogP contribution in [0.3, 0.4) is 0 Å². The summed E-state index contributed by atoms with van der Waals surface area (Å²) >= 11 is 3.48. The second-order valence-corrected chi connectivity index (χ2v) is 4.62. The molecular weight excluding hydrogens is 258 g/mol. The summed E-state index contributed by atoms with van der Waals surface area (Å²) in [5.74, 6) is -0.296. The second-order valence-electron chi connectivity index (χ2n) is 3.82. The first-order valence-electron chi connectivity index (χ1n) is 5.21. The summed E-state index contributed by atoms with van der Waals surface area (Å²) in [6.07, 6.45) is 5.74. The number of carbonyl (C=O) groups is 1. The molecule has 1 N–H and O–H groups in total. The van der Waals surface area contributed by atoms with E-state index in [4.69, 9.17) is 4.74 Å². The fourth-order valence-electron chi connectivity index (χ4n) is 2.06. The Bertz CT molecular complexity index is 384. The van der Waals surface area contributed by atoms with E-state index in [0.29, 0.717) is 5.69 Å². The van der Waals surface area contributed by atoms with Crippen molar-refractivity contribution in [2.75, 3.05) is 7.11 Å². The minimum absolute atomic E-state index is 0.296. The Kier molecular flexibility index (Phi) is 3.14. The van der Waals surface area contributed by atoms with Gasteiger partial charge in [0.2, 0.25) is 0 Å². The molecule has 0 atom stereocenters. The van der Waals surface area contributed by atoms with Gasteiger partial charge in [-0.25, -0.2) is 4.79 Å². The van der Waals surface area contributed by atoms with E-state index in [1.807, 2.05) is 0 Å². The van der Waals surface area contributed by atoms with E-state index in [9.17, 15) is 4.79 Å². The van der Waals surface area contributed by atoms with Gasteiger partial charge >= 0.3 is 5.97 Å². The monoisotopic (exact) mass is 271 g/mol. The molecule has 1 aliphatic rings. The Morgan fingerprint density at radius 1 is 1.33 bits per heavy atom. The van der Waals surface area contributed by atoms with Gasteiger partial charge in [0.25, 0.3) is 0 Å². The zero-order valence-corrected chi connectivity index (χ0v) is 10.3. The van der Waals surface area contributed by atoms with Crippen molar-refractivity contribution in [1.82, 2.24) is 4.98 Å². The molecule has 0 radical (unpaired) electrons. The summed E-state index contributed by atoms with van der Waals surface area (Å²) in [5, 5.41) is 0. The molecule has 3 nitrogen and oxygen atoms in total. The number of nitrogens with one attached hydrogen (secondary N) is 1. The van der Waals surface area contributed by atoms with Crippen LogP contribution in [-0.2, 0) is 17.6 Å². The maximum atomic E-state index is 11.5. The molecule has 82 valence electrons. The molecule has 0 fully saturated rings. The Morgan fingerprint density at radius 2 is 2.07 bits per heavy atom. The molecule has 0 amide bonds. The van der Waals surface area contributed by atoms with E-state index in [1.54, 1.807) is 0 Å². The molecule has 1 aliphatic carbocycles. The zero-order valence-electron chi connectivity index (χ0n) is 8.73. The number of fused-ring (bicyclic) bond motifs is 1. The van der Waals surface area contributed by atoms with Crippen molar-refractivity contribution in [2.24, 2.45) is 0 Å². The Hall–Kier alpha value is -0.770. The van der Waals surface area contributed by atoms with E-state index in [1.165, 1.54) is 37.6 Å². The van der Waals surface area contributed by atoms with Crippen LogP contribution in [0.25, 0.3) is 0 Å². The number of hydrogen-bond acceptors (Lipinski definition) is 2. The highest BCUT2D eigenvalue weighted by molar-refractivity contribution is 9.10. The van der Waals surface area contributed by atoms with Crippen molar-refractivity contribution in [1.29, 1.82) is 0 Å². The molecule has 1 heterocycles. The van der Waals surface area contributed by atoms with Crippen molar-refractivity contribution in [3.8, 4) is 0 Å². The molecule has 0 aromatic carbocycles. The number of methoxy groups -OCH3 is 1. The lowest BCUT2D eigenvalue weighted by Crippen LogP contribution is -2.02.